The third-order valence-electron chi connectivity index (χ3n) is 1.41. The molecule has 0 bridgehead atoms. The molecule has 1 heterocycles. The van der Waals surface area contributed by atoms with Crippen LogP contribution in [0, 0.1) is 0 Å². The minimum atomic E-state index is -1.19. The number of methoxy groups -OCH3 is 1. The summed E-state index contributed by atoms with van der Waals surface area (Å²) in [5, 5.41) is 21.0. The van der Waals surface area contributed by atoms with Crippen molar-refractivity contribution in [3.63, 3.8) is 0 Å². The summed E-state index contributed by atoms with van der Waals surface area (Å²) in [4.78, 5) is 10.2. The predicted molar refractivity (Wildman–Crippen MR) is 40.3 cm³/mol. The van der Waals surface area contributed by atoms with Crippen LogP contribution in [0.25, 0.3) is 0 Å². The van der Waals surface area contributed by atoms with Crippen molar-refractivity contribution in [1.82, 2.24) is 5.16 Å². The van der Waals surface area contributed by atoms with E-state index in [-0.39, 0.29) is 11.6 Å². The standard InChI is InChI=1S/C7H9NO5/c1-12-6-3-5(13-8-6)4(9)2-7(10)11/h3-4,9H,2H2,1H3,(H,10,11)/t4-/m0/s1. The zero-order valence-corrected chi connectivity index (χ0v) is 6.93. The van der Waals surface area contributed by atoms with Gasteiger partial charge in [0.25, 0.3) is 5.88 Å². The van der Waals surface area contributed by atoms with E-state index in [4.69, 9.17) is 5.11 Å². The van der Waals surface area contributed by atoms with Gasteiger partial charge in [0.2, 0.25) is 0 Å². The quantitative estimate of drug-likeness (QED) is 0.698. The predicted octanol–water partition coefficient (Wildman–Crippen LogP) is 0.191. The van der Waals surface area contributed by atoms with Crippen LogP contribution in [0.2, 0.25) is 0 Å². The fourth-order valence-corrected chi connectivity index (χ4v) is 0.791. The molecule has 6 nitrogen and oxygen atoms in total. The summed E-state index contributed by atoms with van der Waals surface area (Å²) in [6.45, 7) is 0. The van der Waals surface area contributed by atoms with Gasteiger partial charge in [0.15, 0.2) is 5.76 Å². The van der Waals surface area contributed by atoms with E-state index in [1.165, 1.54) is 13.2 Å². The van der Waals surface area contributed by atoms with Crippen molar-refractivity contribution in [2.45, 2.75) is 12.5 Å². The summed E-state index contributed by atoms with van der Waals surface area (Å²) in [6, 6.07) is 1.34. The molecule has 0 aliphatic carbocycles. The van der Waals surface area contributed by atoms with E-state index in [1.54, 1.807) is 0 Å². The molecule has 0 saturated heterocycles. The molecule has 0 aliphatic heterocycles. The first-order chi connectivity index (χ1) is 6.13. The highest BCUT2D eigenvalue weighted by Crippen LogP contribution is 2.20. The van der Waals surface area contributed by atoms with E-state index in [1.807, 2.05) is 0 Å². The fraction of sp³-hybridized carbons (Fsp3) is 0.429. The third-order valence-corrected chi connectivity index (χ3v) is 1.41. The van der Waals surface area contributed by atoms with Crippen molar-refractivity contribution in [2.75, 3.05) is 7.11 Å². The molecule has 1 rings (SSSR count). The molecular formula is C7H9NO5. The Morgan fingerprint density at radius 3 is 3.00 bits per heavy atom. The number of carboxylic acids is 1. The molecule has 72 valence electrons. The average Bonchev–Trinajstić information content (AvgIpc) is 2.50. The largest absolute Gasteiger partial charge is 0.481 e. The molecule has 0 amide bonds. The van der Waals surface area contributed by atoms with E-state index in [0.29, 0.717) is 0 Å². The highest BCUT2D eigenvalue weighted by Gasteiger charge is 2.17. The maximum Gasteiger partial charge on any atom is 0.306 e. The van der Waals surface area contributed by atoms with Crippen molar-refractivity contribution in [3.8, 4) is 5.88 Å². The molecule has 0 fully saturated rings. The van der Waals surface area contributed by atoms with E-state index in [2.05, 4.69) is 14.4 Å². The van der Waals surface area contributed by atoms with Crippen LogP contribution in [-0.2, 0) is 4.79 Å². The molecule has 0 saturated carbocycles. The summed E-state index contributed by atoms with van der Waals surface area (Å²) in [6.07, 6.45) is -1.60. The summed E-state index contributed by atoms with van der Waals surface area (Å²) in [5.41, 5.74) is 0. The van der Waals surface area contributed by atoms with Crippen molar-refractivity contribution >= 4 is 5.97 Å². The molecule has 1 aromatic rings. The fourth-order valence-electron chi connectivity index (χ4n) is 0.791. The molecule has 0 spiro atoms. The number of aliphatic hydroxyl groups excluding tert-OH is 1. The number of carboxylic acid groups (broad SMARTS) is 1. The first-order valence-electron chi connectivity index (χ1n) is 3.54. The third kappa shape index (κ3) is 2.45. The van der Waals surface area contributed by atoms with Gasteiger partial charge in [-0.15, -0.1) is 0 Å². The number of ether oxygens (including phenoxy) is 1. The number of nitrogens with zero attached hydrogens (tertiary/aromatic N) is 1. The second-order valence-electron chi connectivity index (χ2n) is 2.39. The van der Waals surface area contributed by atoms with E-state index in [9.17, 15) is 9.90 Å². The van der Waals surface area contributed by atoms with Gasteiger partial charge in [0.1, 0.15) is 6.10 Å². The maximum atomic E-state index is 10.2. The van der Waals surface area contributed by atoms with Crippen LogP contribution in [0.3, 0.4) is 0 Å². The first-order valence-corrected chi connectivity index (χ1v) is 3.54. The van der Waals surface area contributed by atoms with Gasteiger partial charge in [-0.1, -0.05) is 0 Å². The second kappa shape index (κ2) is 3.90. The Labute approximate surface area is 73.7 Å². The molecule has 13 heavy (non-hydrogen) atoms. The van der Waals surface area contributed by atoms with Crippen LogP contribution < -0.4 is 4.74 Å². The summed E-state index contributed by atoms with van der Waals surface area (Å²) >= 11 is 0. The molecule has 2 N–H and O–H groups in total. The van der Waals surface area contributed by atoms with E-state index < -0.39 is 18.5 Å². The average molecular weight is 187 g/mol. The van der Waals surface area contributed by atoms with Gasteiger partial charge < -0.3 is 19.5 Å². The van der Waals surface area contributed by atoms with Crippen molar-refractivity contribution in [2.24, 2.45) is 0 Å². The maximum absolute atomic E-state index is 10.2. The van der Waals surface area contributed by atoms with Crippen LogP contribution in [0.15, 0.2) is 10.6 Å². The zero-order chi connectivity index (χ0) is 9.84. The Bertz CT molecular complexity index is 295. The summed E-state index contributed by atoms with van der Waals surface area (Å²) < 4.78 is 9.32. The number of aliphatic carboxylic acids is 1. The van der Waals surface area contributed by atoms with Crippen LogP contribution in [0.5, 0.6) is 5.88 Å². The lowest BCUT2D eigenvalue weighted by Crippen LogP contribution is -2.04. The second-order valence-corrected chi connectivity index (χ2v) is 2.39. The first kappa shape index (κ1) is 9.53. The number of hydrogen-bond donors (Lipinski definition) is 2. The van der Waals surface area contributed by atoms with Gasteiger partial charge in [-0.2, -0.15) is 0 Å². The molecule has 1 atom stereocenters. The lowest BCUT2D eigenvalue weighted by Gasteiger charge is -2.00. The minimum Gasteiger partial charge on any atom is -0.481 e. The molecule has 0 aromatic carbocycles. The van der Waals surface area contributed by atoms with Crippen LogP contribution in [0.4, 0.5) is 0 Å². The molecule has 6 heteroatoms. The lowest BCUT2D eigenvalue weighted by molar-refractivity contribution is -0.139. The number of hydrogen-bond acceptors (Lipinski definition) is 5. The number of aliphatic hydroxyl groups is 1. The smallest absolute Gasteiger partial charge is 0.306 e. The highest BCUT2D eigenvalue weighted by atomic mass is 16.5. The zero-order valence-electron chi connectivity index (χ0n) is 6.93. The number of carbonyl (C=O) groups is 1. The van der Waals surface area contributed by atoms with Crippen molar-refractivity contribution in [1.29, 1.82) is 0 Å². The summed E-state index contributed by atoms with van der Waals surface area (Å²) in [5.74, 6) is -0.818. The molecule has 0 unspecified atom stereocenters. The van der Waals surface area contributed by atoms with Gasteiger partial charge in [0.05, 0.1) is 13.5 Å². The Morgan fingerprint density at radius 2 is 2.54 bits per heavy atom. The van der Waals surface area contributed by atoms with Gasteiger partial charge in [0, 0.05) is 6.07 Å². The van der Waals surface area contributed by atoms with Crippen LogP contribution in [0.1, 0.15) is 18.3 Å². The van der Waals surface area contributed by atoms with Gasteiger partial charge in [-0.05, 0) is 5.16 Å². The SMILES string of the molecule is COc1cc([C@@H](O)CC(=O)O)on1. The van der Waals surface area contributed by atoms with Crippen LogP contribution in [-0.4, -0.2) is 28.4 Å². The number of rotatable bonds is 4. The van der Waals surface area contributed by atoms with E-state index >= 15 is 0 Å². The summed E-state index contributed by atoms with van der Waals surface area (Å²) in [7, 11) is 1.39. The minimum absolute atomic E-state index is 0.0826. The van der Waals surface area contributed by atoms with Gasteiger partial charge in [-0.3, -0.25) is 4.79 Å². The van der Waals surface area contributed by atoms with Gasteiger partial charge in [-0.25, -0.2) is 0 Å². The van der Waals surface area contributed by atoms with E-state index in [0.717, 1.165) is 0 Å². The van der Waals surface area contributed by atoms with Gasteiger partial charge >= 0.3 is 5.97 Å². The Balaban J connectivity index is 2.65. The normalized spacial score (nSPS) is 12.5. The highest BCUT2D eigenvalue weighted by molar-refractivity contribution is 5.67. The molecule has 0 radical (unpaired) electrons. The monoisotopic (exact) mass is 187 g/mol. The number of aromatic nitrogens is 1. The Hall–Kier alpha value is -1.56. The van der Waals surface area contributed by atoms with Crippen LogP contribution >= 0.6 is 0 Å². The Kier molecular flexibility index (Phi) is 2.86. The topological polar surface area (TPSA) is 92.8 Å². The molecular weight excluding hydrogens is 178 g/mol. The molecule has 1 aromatic heterocycles. The molecule has 0 aliphatic rings. The van der Waals surface area contributed by atoms with Crippen molar-refractivity contribution in [3.05, 3.63) is 11.8 Å². The Morgan fingerprint density at radius 1 is 1.85 bits per heavy atom. The lowest BCUT2D eigenvalue weighted by atomic mass is 10.2. The van der Waals surface area contributed by atoms with Crippen molar-refractivity contribution < 1.29 is 24.3 Å².